The minimum atomic E-state index is 0.523. The lowest BCUT2D eigenvalue weighted by atomic mass is 10.1. The number of aromatic nitrogens is 2. The monoisotopic (exact) mass is 300 g/mol. The topological polar surface area (TPSA) is 36.8 Å². The molecule has 0 saturated carbocycles. The van der Waals surface area contributed by atoms with Crippen LogP contribution in [0.2, 0.25) is 0 Å². The summed E-state index contributed by atoms with van der Waals surface area (Å²) in [5, 5.41) is 8.67. The number of nitrogens with zero attached hydrogens (tertiary/aromatic N) is 5. The van der Waals surface area contributed by atoms with E-state index in [0.29, 0.717) is 6.04 Å². The van der Waals surface area contributed by atoms with Gasteiger partial charge in [-0.15, -0.1) is 19.6 Å². The molecule has 1 aromatic carbocycles. The van der Waals surface area contributed by atoms with Gasteiger partial charge in [-0.2, -0.15) is 0 Å². The van der Waals surface area contributed by atoms with Gasteiger partial charge in [-0.1, -0.05) is 6.92 Å². The predicted molar refractivity (Wildman–Crippen MR) is 90.1 cm³/mol. The zero-order valence-corrected chi connectivity index (χ0v) is 14.4. The standard InChI is InChI=1S/C17H26N5/c1-7-14(3)21(5)16-9-8-15(12-13(16)2)18-19-17-10-11-20(4)22(17)6/h8-12,14H,7H2,1-6H3/q+1. The highest BCUT2D eigenvalue weighted by Crippen LogP contribution is 2.27. The van der Waals surface area contributed by atoms with E-state index in [2.05, 4.69) is 55.1 Å². The lowest BCUT2D eigenvalue weighted by Gasteiger charge is -2.27. The number of aryl methyl sites for hydroxylation is 2. The summed E-state index contributed by atoms with van der Waals surface area (Å²) in [6, 6.07) is 8.70. The maximum absolute atomic E-state index is 4.35. The molecular weight excluding hydrogens is 274 g/mol. The molecule has 1 atom stereocenters. The molecule has 0 aliphatic heterocycles. The van der Waals surface area contributed by atoms with Gasteiger partial charge in [0.05, 0.1) is 18.8 Å². The number of hydrogen-bond acceptors (Lipinski definition) is 3. The molecule has 0 bridgehead atoms. The van der Waals surface area contributed by atoms with Crippen LogP contribution in [0.1, 0.15) is 25.8 Å². The van der Waals surface area contributed by atoms with E-state index in [4.69, 9.17) is 0 Å². The van der Waals surface area contributed by atoms with Crippen LogP contribution in [-0.2, 0) is 14.1 Å². The van der Waals surface area contributed by atoms with Crippen molar-refractivity contribution < 1.29 is 4.68 Å². The summed E-state index contributed by atoms with van der Waals surface area (Å²) >= 11 is 0. The molecule has 1 unspecified atom stereocenters. The highest BCUT2D eigenvalue weighted by atomic mass is 15.4. The third kappa shape index (κ3) is 3.35. The van der Waals surface area contributed by atoms with Gasteiger partial charge in [0.15, 0.2) is 13.2 Å². The highest BCUT2D eigenvalue weighted by molar-refractivity contribution is 5.58. The van der Waals surface area contributed by atoms with Gasteiger partial charge >= 0.3 is 0 Å². The molecule has 0 radical (unpaired) electrons. The molecule has 0 saturated heterocycles. The van der Waals surface area contributed by atoms with Crippen LogP contribution in [0.25, 0.3) is 0 Å². The maximum atomic E-state index is 4.35. The van der Waals surface area contributed by atoms with Crippen LogP contribution in [0.4, 0.5) is 17.2 Å². The summed E-state index contributed by atoms with van der Waals surface area (Å²) in [4.78, 5) is 2.31. The van der Waals surface area contributed by atoms with E-state index in [9.17, 15) is 0 Å². The van der Waals surface area contributed by atoms with Crippen LogP contribution >= 0.6 is 0 Å². The normalized spacial score (nSPS) is 12.8. The van der Waals surface area contributed by atoms with Crippen LogP contribution in [0.3, 0.4) is 0 Å². The van der Waals surface area contributed by atoms with Crippen LogP contribution < -0.4 is 9.58 Å². The molecule has 0 aliphatic rings. The molecule has 0 aliphatic carbocycles. The lowest BCUT2D eigenvalue weighted by molar-refractivity contribution is -0.750. The molecule has 0 amide bonds. The Morgan fingerprint density at radius 3 is 2.55 bits per heavy atom. The van der Waals surface area contributed by atoms with Crippen molar-refractivity contribution in [3.8, 4) is 0 Å². The summed E-state index contributed by atoms with van der Waals surface area (Å²) in [6.45, 7) is 6.57. The number of hydrogen-bond donors (Lipinski definition) is 0. The van der Waals surface area contributed by atoms with Crippen LogP contribution in [0.5, 0.6) is 0 Å². The van der Waals surface area contributed by atoms with Crippen molar-refractivity contribution in [2.45, 2.75) is 33.2 Å². The second-order valence-electron chi connectivity index (χ2n) is 5.81. The first kappa shape index (κ1) is 16.2. The first-order valence-electron chi connectivity index (χ1n) is 7.71. The zero-order valence-electron chi connectivity index (χ0n) is 14.4. The van der Waals surface area contributed by atoms with E-state index in [1.807, 2.05) is 41.8 Å². The minimum absolute atomic E-state index is 0.523. The van der Waals surface area contributed by atoms with E-state index in [1.165, 1.54) is 11.3 Å². The molecule has 22 heavy (non-hydrogen) atoms. The van der Waals surface area contributed by atoms with Gasteiger partial charge in [0.1, 0.15) is 0 Å². The molecule has 118 valence electrons. The molecule has 2 rings (SSSR count). The number of benzene rings is 1. The van der Waals surface area contributed by atoms with Crippen molar-refractivity contribution in [3.05, 3.63) is 36.0 Å². The van der Waals surface area contributed by atoms with Crippen molar-refractivity contribution in [2.75, 3.05) is 11.9 Å². The van der Waals surface area contributed by atoms with Crippen LogP contribution in [0, 0.1) is 6.92 Å². The second kappa shape index (κ2) is 6.73. The van der Waals surface area contributed by atoms with Gasteiger partial charge in [0.2, 0.25) is 5.82 Å². The quantitative estimate of drug-likeness (QED) is 0.611. The molecule has 5 nitrogen and oxygen atoms in total. The van der Waals surface area contributed by atoms with E-state index in [-0.39, 0.29) is 0 Å². The highest BCUT2D eigenvalue weighted by Gasteiger charge is 2.11. The lowest BCUT2D eigenvalue weighted by Crippen LogP contribution is -2.35. The fourth-order valence-electron chi connectivity index (χ4n) is 2.36. The second-order valence-corrected chi connectivity index (χ2v) is 5.81. The van der Waals surface area contributed by atoms with Gasteiger partial charge in [0.25, 0.3) is 0 Å². The van der Waals surface area contributed by atoms with Gasteiger partial charge in [-0.3, -0.25) is 0 Å². The van der Waals surface area contributed by atoms with Crippen LogP contribution in [0.15, 0.2) is 40.7 Å². The number of azo groups is 1. The van der Waals surface area contributed by atoms with Gasteiger partial charge in [-0.05, 0) is 44.0 Å². The van der Waals surface area contributed by atoms with Gasteiger partial charge in [-0.25, -0.2) is 0 Å². The number of anilines is 1. The molecule has 1 heterocycles. The fourth-order valence-corrected chi connectivity index (χ4v) is 2.36. The Balaban J connectivity index is 2.21. The molecule has 5 heteroatoms. The van der Waals surface area contributed by atoms with Gasteiger partial charge in [0, 0.05) is 18.8 Å². The van der Waals surface area contributed by atoms with Crippen molar-refractivity contribution >= 4 is 17.2 Å². The van der Waals surface area contributed by atoms with E-state index in [0.717, 1.165) is 17.9 Å². The fraction of sp³-hybridized carbons (Fsp3) is 0.471. The molecule has 1 aromatic heterocycles. The molecule has 0 spiro atoms. The number of rotatable bonds is 5. The Morgan fingerprint density at radius 1 is 1.27 bits per heavy atom. The summed E-state index contributed by atoms with van der Waals surface area (Å²) in [5.74, 6) is 0.834. The summed E-state index contributed by atoms with van der Waals surface area (Å²) in [7, 11) is 6.08. The minimum Gasteiger partial charge on any atom is -0.372 e. The summed E-state index contributed by atoms with van der Waals surface area (Å²) in [5.41, 5.74) is 3.35. The molecule has 2 aromatic rings. The molecular formula is C17H26N5+. The Morgan fingerprint density at radius 2 is 2.00 bits per heavy atom. The van der Waals surface area contributed by atoms with Crippen molar-refractivity contribution in [1.82, 2.24) is 4.68 Å². The molecule has 0 fully saturated rings. The van der Waals surface area contributed by atoms with E-state index >= 15 is 0 Å². The van der Waals surface area contributed by atoms with Crippen molar-refractivity contribution in [3.63, 3.8) is 0 Å². The van der Waals surface area contributed by atoms with Gasteiger partial charge < -0.3 is 4.90 Å². The van der Waals surface area contributed by atoms with E-state index < -0.39 is 0 Å². The predicted octanol–water partition coefficient (Wildman–Crippen LogP) is 3.81. The smallest absolute Gasteiger partial charge is 0.214 e. The maximum Gasteiger partial charge on any atom is 0.214 e. The summed E-state index contributed by atoms with van der Waals surface area (Å²) in [6.07, 6.45) is 3.09. The van der Waals surface area contributed by atoms with E-state index in [1.54, 1.807) is 0 Å². The third-order valence-corrected chi connectivity index (χ3v) is 4.32. The van der Waals surface area contributed by atoms with Crippen molar-refractivity contribution in [2.24, 2.45) is 24.3 Å². The zero-order chi connectivity index (χ0) is 16.3. The first-order valence-corrected chi connectivity index (χ1v) is 7.71. The Kier molecular flexibility index (Phi) is 4.96. The molecule has 0 N–H and O–H groups in total. The SMILES string of the molecule is CCC(C)N(C)c1ccc(N=Nc2cc[n+](C)n2C)cc1C. The average molecular weight is 300 g/mol. The Hall–Kier alpha value is -2.17. The van der Waals surface area contributed by atoms with Crippen molar-refractivity contribution in [1.29, 1.82) is 0 Å². The Labute approximate surface area is 132 Å². The largest absolute Gasteiger partial charge is 0.372 e. The summed E-state index contributed by atoms with van der Waals surface area (Å²) < 4.78 is 3.91. The van der Waals surface area contributed by atoms with Crippen LogP contribution in [-0.4, -0.2) is 17.8 Å². The average Bonchev–Trinajstić information content (AvgIpc) is 2.83. The third-order valence-electron chi connectivity index (χ3n) is 4.32. The Bertz CT molecular complexity index is 672. The first-order chi connectivity index (χ1) is 10.4.